The van der Waals surface area contributed by atoms with Crippen molar-refractivity contribution in [3.8, 4) is 0 Å². The van der Waals surface area contributed by atoms with Gasteiger partial charge in [-0.3, -0.25) is 4.79 Å². The van der Waals surface area contributed by atoms with Gasteiger partial charge in [-0.25, -0.2) is 0 Å². The van der Waals surface area contributed by atoms with E-state index in [1.807, 2.05) is 0 Å². The predicted molar refractivity (Wildman–Crippen MR) is 64.1 cm³/mol. The lowest BCUT2D eigenvalue weighted by Crippen LogP contribution is -2.42. The first kappa shape index (κ1) is 13.5. The summed E-state index contributed by atoms with van der Waals surface area (Å²) < 4.78 is 5.38. The van der Waals surface area contributed by atoms with Crippen LogP contribution in [0.25, 0.3) is 0 Å². The van der Waals surface area contributed by atoms with Crippen molar-refractivity contribution in [2.45, 2.75) is 45.1 Å². The van der Waals surface area contributed by atoms with Crippen LogP contribution < -0.4 is 11.1 Å². The Morgan fingerprint density at radius 3 is 2.62 bits per heavy atom. The van der Waals surface area contributed by atoms with Gasteiger partial charge in [0.15, 0.2) is 0 Å². The molecule has 1 rings (SSSR count). The Bertz CT molecular complexity index is 223. The smallest absolute Gasteiger partial charge is 0.246 e. The minimum atomic E-state index is -0.182. The van der Waals surface area contributed by atoms with E-state index in [4.69, 9.17) is 10.5 Å². The summed E-state index contributed by atoms with van der Waals surface area (Å²) in [6.45, 7) is 5.47. The summed E-state index contributed by atoms with van der Waals surface area (Å²) in [6.07, 6.45) is 4.39. The first-order valence-electron chi connectivity index (χ1n) is 6.15. The maximum absolute atomic E-state index is 11.3. The van der Waals surface area contributed by atoms with E-state index in [1.54, 1.807) is 0 Å². The van der Waals surface area contributed by atoms with Crippen molar-refractivity contribution in [2.24, 2.45) is 11.7 Å². The Hall–Kier alpha value is -0.610. The lowest BCUT2D eigenvalue weighted by atomic mass is 10.0. The molecular formula is C12H24N2O2. The SMILES string of the molecule is CC(C)CNC(=O)COCC1(N)CCCC1. The van der Waals surface area contributed by atoms with Crippen molar-refractivity contribution in [1.29, 1.82) is 0 Å². The molecule has 1 aliphatic carbocycles. The van der Waals surface area contributed by atoms with Gasteiger partial charge in [-0.2, -0.15) is 0 Å². The molecule has 0 atom stereocenters. The Kier molecular flexibility index (Phi) is 5.22. The number of carbonyl (C=O) groups is 1. The topological polar surface area (TPSA) is 64.3 Å². The highest BCUT2D eigenvalue weighted by molar-refractivity contribution is 5.77. The molecule has 0 unspecified atom stereocenters. The van der Waals surface area contributed by atoms with E-state index >= 15 is 0 Å². The van der Waals surface area contributed by atoms with Crippen LogP contribution in [0.5, 0.6) is 0 Å². The fourth-order valence-corrected chi connectivity index (χ4v) is 1.94. The van der Waals surface area contributed by atoms with Gasteiger partial charge in [-0.1, -0.05) is 26.7 Å². The zero-order chi connectivity index (χ0) is 12.0. The van der Waals surface area contributed by atoms with Gasteiger partial charge in [0.05, 0.1) is 6.61 Å². The summed E-state index contributed by atoms with van der Waals surface area (Å²) in [5, 5.41) is 2.82. The fourth-order valence-electron chi connectivity index (χ4n) is 1.94. The van der Waals surface area contributed by atoms with Crippen LogP contribution in [-0.4, -0.2) is 31.2 Å². The largest absolute Gasteiger partial charge is 0.370 e. The van der Waals surface area contributed by atoms with Gasteiger partial charge in [0.1, 0.15) is 6.61 Å². The summed E-state index contributed by atoms with van der Waals surface area (Å²) in [5.74, 6) is 0.426. The third-order valence-corrected chi connectivity index (χ3v) is 2.93. The lowest BCUT2D eigenvalue weighted by molar-refractivity contribution is -0.126. The summed E-state index contributed by atoms with van der Waals surface area (Å²) >= 11 is 0. The summed E-state index contributed by atoms with van der Waals surface area (Å²) in [4.78, 5) is 11.3. The molecule has 0 aromatic carbocycles. The number of rotatable bonds is 6. The number of nitrogens with two attached hydrogens (primary N) is 1. The van der Waals surface area contributed by atoms with Gasteiger partial charge in [-0.05, 0) is 18.8 Å². The van der Waals surface area contributed by atoms with Crippen molar-refractivity contribution in [3.05, 3.63) is 0 Å². The van der Waals surface area contributed by atoms with Crippen LogP contribution in [0, 0.1) is 5.92 Å². The summed E-state index contributed by atoms with van der Waals surface area (Å²) in [6, 6.07) is 0. The van der Waals surface area contributed by atoms with E-state index in [1.165, 1.54) is 12.8 Å². The first-order chi connectivity index (χ1) is 7.52. The normalized spacial score (nSPS) is 19.0. The number of nitrogens with one attached hydrogen (secondary N) is 1. The molecule has 0 saturated heterocycles. The van der Waals surface area contributed by atoms with Gasteiger partial charge in [0.2, 0.25) is 5.91 Å². The van der Waals surface area contributed by atoms with Gasteiger partial charge in [0, 0.05) is 12.1 Å². The molecule has 1 fully saturated rings. The molecule has 1 saturated carbocycles. The summed E-state index contributed by atoms with van der Waals surface area (Å²) in [5.41, 5.74) is 5.93. The Balaban J connectivity index is 2.08. The molecule has 1 aliphatic rings. The summed E-state index contributed by atoms with van der Waals surface area (Å²) in [7, 11) is 0. The highest BCUT2D eigenvalue weighted by atomic mass is 16.5. The van der Waals surface area contributed by atoms with Crippen molar-refractivity contribution in [1.82, 2.24) is 5.32 Å². The van der Waals surface area contributed by atoms with Gasteiger partial charge in [0.25, 0.3) is 0 Å². The minimum Gasteiger partial charge on any atom is -0.370 e. The number of hydrogen-bond donors (Lipinski definition) is 2. The highest BCUT2D eigenvalue weighted by Crippen LogP contribution is 2.27. The molecule has 0 bridgehead atoms. The van der Waals surface area contributed by atoms with Gasteiger partial charge < -0.3 is 15.8 Å². The number of hydrogen-bond acceptors (Lipinski definition) is 3. The van der Waals surface area contributed by atoms with Gasteiger partial charge in [-0.15, -0.1) is 0 Å². The van der Waals surface area contributed by atoms with E-state index < -0.39 is 0 Å². The van der Waals surface area contributed by atoms with Crippen molar-refractivity contribution in [2.75, 3.05) is 19.8 Å². The Morgan fingerprint density at radius 2 is 2.06 bits per heavy atom. The first-order valence-corrected chi connectivity index (χ1v) is 6.15. The monoisotopic (exact) mass is 228 g/mol. The molecule has 0 aliphatic heterocycles. The fraction of sp³-hybridized carbons (Fsp3) is 0.917. The van der Waals surface area contributed by atoms with E-state index in [0.29, 0.717) is 19.1 Å². The molecule has 4 nitrogen and oxygen atoms in total. The molecule has 0 heterocycles. The molecule has 3 N–H and O–H groups in total. The number of ether oxygens (including phenoxy) is 1. The highest BCUT2D eigenvalue weighted by Gasteiger charge is 2.29. The van der Waals surface area contributed by atoms with Gasteiger partial charge >= 0.3 is 0 Å². The molecule has 4 heteroatoms. The van der Waals surface area contributed by atoms with Crippen molar-refractivity contribution < 1.29 is 9.53 Å². The van der Waals surface area contributed by atoms with Crippen LogP contribution in [0.4, 0.5) is 0 Å². The zero-order valence-corrected chi connectivity index (χ0v) is 10.4. The number of carbonyl (C=O) groups excluding carboxylic acids is 1. The van der Waals surface area contributed by atoms with Crippen LogP contribution in [0.15, 0.2) is 0 Å². The van der Waals surface area contributed by atoms with E-state index in [9.17, 15) is 4.79 Å². The molecule has 94 valence electrons. The quantitative estimate of drug-likeness (QED) is 0.714. The second-order valence-corrected chi connectivity index (χ2v) is 5.26. The maximum Gasteiger partial charge on any atom is 0.246 e. The van der Waals surface area contributed by atoms with Crippen molar-refractivity contribution in [3.63, 3.8) is 0 Å². The van der Waals surface area contributed by atoms with Crippen LogP contribution in [-0.2, 0) is 9.53 Å². The Morgan fingerprint density at radius 1 is 1.44 bits per heavy atom. The van der Waals surface area contributed by atoms with E-state index in [2.05, 4.69) is 19.2 Å². The van der Waals surface area contributed by atoms with Crippen molar-refractivity contribution >= 4 is 5.91 Å². The van der Waals surface area contributed by atoms with Crippen LogP contribution >= 0.6 is 0 Å². The Labute approximate surface area is 97.9 Å². The number of amides is 1. The second-order valence-electron chi connectivity index (χ2n) is 5.26. The van der Waals surface area contributed by atoms with Crippen LogP contribution in [0.1, 0.15) is 39.5 Å². The molecule has 16 heavy (non-hydrogen) atoms. The lowest BCUT2D eigenvalue weighted by Gasteiger charge is -2.22. The maximum atomic E-state index is 11.3. The molecular weight excluding hydrogens is 204 g/mol. The minimum absolute atomic E-state index is 0.0460. The zero-order valence-electron chi connectivity index (χ0n) is 10.4. The molecule has 1 amide bonds. The van der Waals surface area contributed by atoms with E-state index in [-0.39, 0.29) is 18.1 Å². The third-order valence-electron chi connectivity index (χ3n) is 2.93. The predicted octanol–water partition coefficient (Wildman–Crippen LogP) is 1.05. The van der Waals surface area contributed by atoms with Crippen LogP contribution in [0.2, 0.25) is 0 Å². The standard InChI is InChI=1S/C12H24N2O2/c1-10(2)7-14-11(15)8-16-9-12(13)5-3-4-6-12/h10H,3-9,13H2,1-2H3,(H,14,15). The molecule has 0 radical (unpaired) electrons. The third kappa shape index (κ3) is 4.94. The molecule has 0 spiro atoms. The molecule has 0 aromatic heterocycles. The van der Waals surface area contributed by atoms with E-state index in [0.717, 1.165) is 12.8 Å². The second kappa shape index (κ2) is 6.21. The average molecular weight is 228 g/mol. The average Bonchev–Trinajstić information content (AvgIpc) is 2.62. The van der Waals surface area contributed by atoms with Crippen LogP contribution in [0.3, 0.4) is 0 Å². The molecule has 0 aromatic rings.